The molecule has 1 saturated carbocycles. The fourth-order valence-electron chi connectivity index (χ4n) is 4.11. The number of rotatable bonds is 3. The van der Waals surface area contributed by atoms with E-state index in [1.165, 1.54) is 0 Å². The second kappa shape index (κ2) is 7.07. The predicted molar refractivity (Wildman–Crippen MR) is 116 cm³/mol. The standard InChI is InChI=1S/C20H18BrN5O2S/c21-15-16(10-1-3-11(4-2-10)20(27)28)25-18-14(9-24-26(18)17(15)22)13-7-12-5-6-29-19(12)23-8-13/h5-11H,1-4,22H2,(H,27,28)/t10-,11-. The lowest BCUT2D eigenvalue weighted by Crippen LogP contribution is -2.21. The van der Waals surface area contributed by atoms with Crippen molar-refractivity contribution in [1.82, 2.24) is 19.6 Å². The molecule has 0 aliphatic heterocycles. The van der Waals surface area contributed by atoms with Crippen molar-refractivity contribution in [2.45, 2.75) is 31.6 Å². The van der Waals surface area contributed by atoms with Gasteiger partial charge in [-0.3, -0.25) is 4.79 Å². The van der Waals surface area contributed by atoms with Crippen LogP contribution >= 0.6 is 27.3 Å². The summed E-state index contributed by atoms with van der Waals surface area (Å²) in [6, 6.07) is 4.14. The van der Waals surface area contributed by atoms with E-state index in [1.807, 2.05) is 17.6 Å². The fourth-order valence-corrected chi connectivity index (χ4v) is 5.41. The van der Waals surface area contributed by atoms with Crippen LogP contribution in [0.1, 0.15) is 37.3 Å². The first-order valence-electron chi connectivity index (χ1n) is 9.42. The molecule has 29 heavy (non-hydrogen) atoms. The number of fused-ring (bicyclic) bond motifs is 2. The molecule has 7 nitrogen and oxygen atoms in total. The number of carboxylic acids is 1. The molecule has 0 radical (unpaired) electrons. The van der Waals surface area contributed by atoms with Crippen molar-refractivity contribution in [2.75, 3.05) is 5.73 Å². The first kappa shape index (κ1) is 18.5. The van der Waals surface area contributed by atoms with Crippen LogP contribution in [0.5, 0.6) is 0 Å². The molecule has 1 fully saturated rings. The quantitative estimate of drug-likeness (QED) is 0.447. The zero-order valence-electron chi connectivity index (χ0n) is 15.4. The number of carboxylic acid groups (broad SMARTS) is 1. The molecule has 5 rings (SSSR count). The number of thiophene rings is 1. The van der Waals surface area contributed by atoms with Crippen molar-refractivity contribution in [3.8, 4) is 11.1 Å². The average Bonchev–Trinajstić information content (AvgIpc) is 3.37. The molecular weight excluding hydrogens is 454 g/mol. The lowest BCUT2D eigenvalue weighted by molar-refractivity contribution is -0.142. The van der Waals surface area contributed by atoms with Crippen molar-refractivity contribution in [3.05, 3.63) is 40.1 Å². The van der Waals surface area contributed by atoms with Crippen LogP contribution in [0.2, 0.25) is 0 Å². The largest absolute Gasteiger partial charge is 0.481 e. The SMILES string of the molecule is Nc1c(Br)c([C@H]2CC[C@H](C(=O)O)CC2)nc2c(-c3cnc4sccc4c3)cnn12. The van der Waals surface area contributed by atoms with Gasteiger partial charge in [-0.25, -0.2) is 9.97 Å². The summed E-state index contributed by atoms with van der Waals surface area (Å²) in [4.78, 5) is 21.7. The average molecular weight is 472 g/mol. The molecule has 148 valence electrons. The van der Waals surface area contributed by atoms with E-state index in [2.05, 4.69) is 32.1 Å². The van der Waals surface area contributed by atoms with E-state index in [9.17, 15) is 9.90 Å². The molecule has 4 aromatic heterocycles. The second-order valence-corrected chi connectivity index (χ2v) is 9.10. The van der Waals surface area contributed by atoms with Gasteiger partial charge in [0.25, 0.3) is 0 Å². The van der Waals surface area contributed by atoms with Gasteiger partial charge in [-0.2, -0.15) is 9.61 Å². The number of nitrogens with two attached hydrogens (primary N) is 1. The van der Waals surface area contributed by atoms with Gasteiger partial charge in [-0.15, -0.1) is 11.3 Å². The minimum atomic E-state index is -0.708. The number of carbonyl (C=O) groups is 1. The van der Waals surface area contributed by atoms with Gasteiger partial charge in [0, 0.05) is 28.6 Å². The summed E-state index contributed by atoms with van der Waals surface area (Å²) < 4.78 is 2.38. The zero-order chi connectivity index (χ0) is 20.1. The minimum Gasteiger partial charge on any atom is -0.481 e. The van der Waals surface area contributed by atoms with Crippen molar-refractivity contribution in [2.24, 2.45) is 5.92 Å². The first-order chi connectivity index (χ1) is 14.0. The third kappa shape index (κ3) is 3.08. The maximum atomic E-state index is 11.3. The Kier molecular flexibility index (Phi) is 4.51. The van der Waals surface area contributed by atoms with Gasteiger partial charge in [-0.05, 0) is 59.1 Å². The van der Waals surface area contributed by atoms with Gasteiger partial charge in [-0.1, -0.05) is 0 Å². The molecule has 0 saturated heterocycles. The molecule has 0 spiro atoms. The number of anilines is 1. The molecule has 3 N–H and O–H groups in total. The number of hydrogen-bond acceptors (Lipinski definition) is 6. The van der Waals surface area contributed by atoms with Crippen LogP contribution in [0.25, 0.3) is 27.0 Å². The number of hydrogen-bond donors (Lipinski definition) is 2. The minimum absolute atomic E-state index is 0.174. The van der Waals surface area contributed by atoms with E-state index in [1.54, 1.807) is 22.0 Å². The summed E-state index contributed by atoms with van der Waals surface area (Å²) >= 11 is 5.21. The molecule has 0 bridgehead atoms. The maximum absolute atomic E-state index is 11.3. The number of nitrogen functional groups attached to an aromatic ring is 1. The van der Waals surface area contributed by atoms with E-state index in [0.717, 1.165) is 44.4 Å². The van der Waals surface area contributed by atoms with Crippen LogP contribution < -0.4 is 5.73 Å². The van der Waals surface area contributed by atoms with Crippen LogP contribution in [0, 0.1) is 5.92 Å². The van der Waals surface area contributed by atoms with Crippen molar-refractivity contribution >= 4 is 54.9 Å². The first-order valence-corrected chi connectivity index (χ1v) is 11.1. The van der Waals surface area contributed by atoms with Gasteiger partial charge in [0.05, 0.1) is 22.3 Å². The van der Waals surface area contributed by atoms with E-state index >= 15 is 0 Å². The molecular formula is C20H18BrN5O2S. The van der Waals surface area contributed by atoms with Crippen molar-refractivity contribution in [1.29, 1.82) is 0 Å². The Balaban J connectivity index is 1.59. The molecule has 0 amide bonds. The second-order valence-electron chi connectivity index (χ2n) is 7.42. The molecule has 4 heterocycles. The van der Waals surface area contributed by atoms with Gasteiger partial charge in [0.1, 0.15) is 10.6 Å². The van der Waals surface area contributed by atoms with Gasteiger partial charge in [0.2, 0.25) is 0 Å². The highest BCUT2D eigenvalue weighted by Crippen LogP contribution is 2.40. The summed E-state index contributed by atoms with van der Waals surface area (Å²) in [5, 5.41) is 16.8. The van der Waals surface area contributed by atoms with Crippen molar-refractivity contribution in [3.63, 3.8) is 0 Å². The van der Waals surface area contributed by atoms with E-state index < -0.39 is 5.97 Å². The third-order valence-corrected chi connectivity index (χ3v) is 7.38. The van der Waals surface area contributed by atoms with Gasteiger partial charge >= 0.3 is 5.97 Å². The highest BCUT2D eigenvalue weighted by molar-refractivity contribution is 9.10. The van der Waals surface area contributed by atoms with Gasteiger partial charge < -0.3 is 10.8 Å². The maximum Gasteiger partial charge on any atom is 0.306 e. The van der Waals surface area contributed by atoms with E-state index in [0.29, 0.717) is 24.3 Å². The monoisotopic (exact) mass is 471 g/mol. The Morgan fingerprint density at radius 2 is 2.07 bits per heavy atom. The van der Waals surface area contributed by atoms with Gasteiger partial charge in [0.15, 0.2) is 5.65 Å². The molecule has 1 aliphatic rings. The Bertz CT molecular complexity index is 1240. The van der Waals surface area contributed by atoms with Crippen LogP contribution in [-0.2, 0) is 4.79 Å². The summed E-state index contributed by atoms with van der Waals surface area (Å²) in [6.07, 6.45) is 6.49. The molecule has 0 aromatic carbocycles. The highest BCUT2D eigenvalue weighted by atomic mass is 79.9. The summed E-state index contributed by atoms with van der Waals surface area (Å²) in [6.45, 7) is 0. The summed E-state index contributed by atoms with van der Waals surface area (Å²) in [5.74, 6) is -0.298. The number of aliphatic carboxylic acids is 1. The fraction of sp³-hybridized carbons (Fsp3) is 0.300. The molecule has 0 unspecified atom stereocenters. The topological polar surface area (TPSA) is 106 Å². The summed E-state index contributed by atoms with van der Waals surface area (Å²) in [7, 11) is 0. The Morgan fingerprint density at radius 3 is 2.83 bits per heavy atom. The number of nitrogens with zero attached hydrogens (tertiary/aromatic N) is 4. The number of aromatic nitrogens is 4. The Labute approximate surface area is 178 Å². The van der Waals surface area contributed by atoms with E-state index in [-0.39, 0.29) is 11.8 Å². The summed E-state index contributed by atoms with van der Waals surface area (Å²) in [5.41, 5.74) is 9.77. The molecule has 9 heteroatoms. The lowest BCUT2D eigenvalue weighted by Gasteiger charge is -2.26. The molecule has 0 atom stereocenters. The van der Waals surface area contributed by atoms with Crippen LogP contribution in [0.4, 0.5) is 5.82 Å². The Hall–Kier alpha value is -2.52. The Morgan fingerprint density at radius 1 is 1.28 bits per heavy atom. The van der Waals surface area contributed by atoms with E-state index in [4.69, 9.17) is 10.7 Å². The normalized spacial score (nSPS) is 19.8. The highest BCUT2D eigenvalue weighted by Gasteiger charge is 2.30. The van der Waals surface area contributed by atoms with Crippen LogP contribution in [-0.4, -0.2) is 30.7 Å². The van der Waals surface area contributed by atoms with Crippen LogP contribution in [0.15, 0.2) is 34.4 Å². The smallest absolute Gasteiger partial charge is 0.306 e. The molecule has 4 aromatic rings. The van der Waals surface area contributed by atoms with Crippen LogP contribution in [0.3, 0.4) is 0 Å². The number of halogens is 1. The number of pyridine rings is 1. The lowest BCUT2D eigenvalue weighted by atomic mass is 9.80. The third-order valence-electron chi connectivity index (χ3n) is 5.73. The van der Waals surface area contributed by atoms with Crippen molar-refractivity contribution < 1.29 is 9.90 Å². The predicted octanol–water partition coefficient (Wildman–Crippen LogP) is 4.71. The zero-order valence-corrected chi connectivity index (χ0v) is 17.8. The molecule has 1 aliphatic carbocycles.